The third kappa shape index (κ3) is 5.88. The van der Waals surface area contributed by atoms with E-state index in [1.54, 1.807) is 45.1 Å². The molecule has 2 unspecified atom stereocenters. The summed E-state index contributed by atoms with van der Waals surface area (Å²) in [6, 6.07) is 8.78. The molecule has 0 amide bonds. The lowest BCUT2D eigenvalue weighted by Gasteiger charge is -2.35. The highest BCUT2D eigenvalue weighted by Crippen LogP contribution is 2.47. The molecule has 5 heterocycles. The first-order valence-electron chi connectivity index (χ1n) is 14.8. The summed E-state index contributed by atoms with van der Waals surface area (Å²) < 4.78 is 27.0. The van der Waals surface area contributed by atoms with Crippen LogP contribution in [-0.4, -0.2) is 87.3 Å². The van der Waals surface area contributed by atoms with Crippen molar-refractivity contribution in [1.82, 2.24) is 34.6 Å². The number of nitrogens with one attached hydrogen (secondary N) is 2. The van der Waals surface area contributed by atoms with Gasteiger partial charge in [0.05, 0.1) is 34.7 Å². The minimum atomic E-state index is -2.94. The molecular weight excluding hydrogens is 671 g/mol. The number of halogens is 1. The van der Waals surface area contributed by atoms with Crippen molar-refractivity contribution in [3.63, 3.8) is 0 Å². The van der Waals surface area contributed by atoms with Crippen LogP contribution in [-0.2, 0) is 11.6 Å². The molecule has 0 spiro atoms. The average Bonchev–Trinajstić information content (AvgIpc) is 3.75. The molecule has 0 aliphatic carbocycles. The van der Waals surface area contributed by atoms with Crippen molar-refractivity contribution < 1.29 is 13.8 Å². The zero-order chi connectivity index (χ0) is 32.2. The number of likely N-dealkylation sites (tertiary alicyclic amines) is 1. The lowest BCUT2D eigenvalue weighted by molar-refractivity contribution is 0.292. The fourth-order valence-corrected chi connectivity index (χ4v) is 7.13. The number of piperazine rings is 1. The number of ether oxygens (including phenoxy) is 1. The van der Waals surface area contributed by atoms with Crippen molar-refractivity contribution in [3.05, 3.63) is 59.7 Å². The molecule has 5 aromatic rings. The predicted molar refractivity (Wildman–Crippen MR) is 183 cm³/mol. The molecule has 0 radical (unpaired) electrons. The highest BCUT2D eigenvalue weighted by atomic mass is 79.9. The van der Waals surface area contributed by atoms with E-state index < -0.39 is 7.37 Å². The zero-order valence-corrected chi connectivity index (χ0v) is 28.6. The first kappa shape index (κ1) is 30.4. The lowest BCUT2D eigenvalue weighted by Crippen LogP contribution is -2.44. The van der Waals surface area contributed by atoms with E-state index in [1.165, 1.54) is 0 Å². The second-order valence-electron chi connectivity index (χ2n) is 12.0. The molecule has 46 heavy (non-hydrogen) atoms. The minimum absolute atomic E-state index is 0.333. The number of hydrogen-bond donors (Lipinski definition) is 2. The Morgan fingerprint density at radius 1 is 1.00 bits per heavy atom. The summed E-state index contributed by atoms with van der Waals surface area (Å²) in [5, 5.41) is 11.1. The van der Waals surface area contributed by atoms with Crippen LogP contribution in [0.3, 0.4) is 0 Å². The van der Waals surface area contributed by atoms with Crippen LogP contribution in [0.1, 0.15) is 6.42 Å². The molecule has 2 N–H and O–H groups in total. The second kappa shape index (κ2) is 11.8. The number of likely N-dealkylation sites (N-methyl/N-ethyl adjacent to an activating group) is 1. The number of anilines is 5. The molecule has 7 rings (SSSR count). The van der Waals surface area contributed by atoms with Crippen LogP contribution in [0, 0.1) is 0 Å². The Balaban J connectivity index is 1.25. The summed E-state index contributed by atoms with van der Waals surface area (Å²) in [7, 11) is 2.85. The largest absolute Gasteiger partial charge is 0.494 e. The first-order valence-corrected chi connectivity index (χ1v) is 18.1. The number of aryl methyl sites for hydroxylation is 1. The number of benzene rings is 2. The van der Waals surface area contributed by atoms with E-state index in [9.17, 15) is 4.57 Å². The van der Waals surface area contributed by atoms with Crippen LogP contribution in [0.4, 0.5) is 28.8 Å². The van der Waals surface area contributed by atoms with Crippen molar-refractivity contribution >= 4 is 63.2 Å². The Bertz CT molecular complexity index is 2000. The number of nitrogens with zero attached hydrogens (tertiary/aromatic N) is 8. The molecule has 2 bridgehead atoms. The van der Waals surface area contributed by atoms with E-state index in [1.807, 2.05) is 30.2 Å². The summed E-state index contributed by atoms with van der Waals surface area (Å²) >= 11 is 3.57. The minimum Gasteiger partial charge on any atom is -0.494 e. The average molecular weight is 706 g/mol. The maximum atomic E-state index is 12.7. The van der Waals surface area contributed by atoms with Crippen molar-refractivity contribution in [3.8, 4) is 22.6 Å². The number of aromatic nitrogens is 6. The molecule has 15 heteroatoms. The molecule has 2 atom stereocenters. The molecule has 2 saturated heterocycles. The smallest absolute Gasteiger partial charge is 0.242 e. The summed E-state index contributed by atoms with van der Waals surface area (Å²) in [5.41, 5.74) is 5.53. The van der Waals surface area contributed by atoms with Crippen molar-refractivity contribution in [1.29, 1.82) is 0 Å². The van der Waals surface area contributed by atoms with Crippen molar-refractivity contribution in [2.75, 3.05) is 56.1 Å². The predicted octanol–water partition coefficient (Wildman–Crippen LogP) is 5.89. The van der Waals surface area contributed by atoms with Gasteiger partial charge in [-0.15, -0.1) is 0 Å². The van der Waals surface area contributed by atoms with E-state index in [0.29, 0.717) is 62.2 Å². The zero-order valence-electron chi connectivity index (χ0n) is 26.1. The van der Waals surface area contributed by atoms with Crippen LogP contribution in [0.25, 0.3) is 22.2 Å². The van der Waals surface area contributed by atoms with E-state index >= 15 is 0 Å². The van der Waals surface area contributed by atoms with Gasteiger partial charge in [-0.1, -0.05) is 0 Å². The van der Waals surface area contributed by atoms with Gasteiger partial charge in [0.15, 0.2) is 5.75 Å². The molecule has 2 aliphatic heterocycles. The molecule has 2 fully saturated rings. The Labute approximate surface area is 274 Å². The fraction of sp³-hybridized carbons (Fsp3) is 0.323. The van der Waals surface area contributed by atoms with Crippen molar-refractivity contribution in [2.24, 2.45) is 7.05 Å². The number of rotatable bonds is 9. The fourth-order valence-electron chi connectivity index (χ4n) is 6.21. The quantitative estimate of drug-likeness (QED) is 0.177. The Kier molecular flexibility index (Phi) is 7.82. The summed E-state index contributed by atoms with van der Waals surface area (Å²) in [6.07, 6.45) is 9.88. The molecule has 2 aromatic carbocycles. The standard InChI is InChI=1S/C31H34BrN10O3P/c1-40-16-20-10-19(40)17-42(20)26-12-27(44-3)25(11-21(26)18-13-36-41(2)15-18)38-31-35-14-22(32)30(39-31)37-24-7-6-23-28(34-9-8-33-23)29(24)45-46(4,5)43/h6-9,11-15,19-20H,10,16-17H2,1-5H3,(H2,35,37,38,39). The summed E-state index contributed by atoms with van der Waals surface area (Å²) in [4.78, 5) is 23.0. The van der Waals surface area contributed by atoms with Gasteiger partial charge in [0.2, 0.25) is 13.3 Å². The van der Waals surface area contributed by atoms with Gasteiger partial charge in [-0.25, -0.2) is 9.97 Å². The molecule has 0 saturated carbocycles. The Morgan fingerprint density at radius 3 is 2.52 bits per heavy atom. The Morgan fingerprint density at radius 2 is 1.83 bits per heavy atom. The van der Waals surface area contributed by atoms with Crippen LogP contribution in [0.5, 0.6) is 11.5 Å². The van der Waals surface area contributed by atoms with Gasteiger partial charge in [0.1, 0.15) is 17.1 Å². The van der Waals surface area contributed by atoms with Crippen LogP contribution >= 0.6 is 23.3 Å². The van der Waals surface area contributed by atoms with E-state index in [-0.39, 0.29) is 0 Å². The monoisotopic (exact) mass is 704 g/mol. The molecule has 2 aliphatic rings. The maximum absolute atomic E-state index is 12.7. The number of methoxy groups -OCH3 is 1. The highest BCUT2D eigenvalue weighted by molar-refractivity contribution is 9.10. The normalized spacial score (nSPS) is 17.9. The molecular formula is C31H34BrN10O3P. The SMILES string of the molecule is COc1cc(N2CC3CC2CN3C)c(-c2cnn(C)c2)cc1Nc1ncc(Br)c(Nc2ccc3nccnc3c2OP(C)(C)=O)n1. The highest BCUT2D eigenvalue weighted by Gasteiger charge is 2.42. The second-order valence-corrected chi connectivity index (χ2v) is 15.5. The number of fused-ring (bicyclic) bond motifs is 3. The van der Waals surface area contributed by atoms with Crippen molar-refractivity contribution in [2.45, 2.75) is 18.5 Å². The lowest BCUT2D eigenvalue weighted by atomic mass is 10.0. The molecule has 3 aromatic heterocycles. The van der Waals surface area contributed by atoms with Gasteiger partial charge in [0, 0.05) is 93.2 Å². The maximum Gasteiger partial charge on any atom is 0.242 e. The third-order valence-electron chi connectivity index (χ3n) is 8.31. The van der Waals surface area contributed by atoms with Gasteiger partial charge in [-0.2, -0.15) is 10.1 Å². The van der Waals surface area contributed by atoms with Gasteiger partial charge >= 0.3 is 0 Å². The van der Waals surface area contributed by atoms with Gasteiger partial charge < -0.3 is 24.8 Å². The first-order chi connectivity index (χ1) is 22.1. The summed E-state index contributed by atoms with van der Waals surface area (Å²) in [5.74, 6) is 1.81. The van der Waals surface area contributed by atoms with Gasteiger partial charge in [0.25, 0.3) is 0 Å². The van der Waals surface area contributed by atoms with E-state index in [2.05, 4.69) is 75.6 Å². The van der Waals surface area contributed by atoms with E-state index in [0.717, 1.165) is 36.3 Å². The topological polar surface area (TPSA) is 135 Å². The van der Waals surface area contributed by atoms with Gasteiger partial charge in [-0.3, -0.25) is 19.1 Å². The van der Waals surface area contributed by atoms with E-state index in [4.69, 9.17) is 14.2 Å². The summed E-state index contributed by atoms with van der Waals surface area (Å²) in [6.45, 7) is 5.11. The van der Waals surface area contributed by atoms with Gasteiger partial charge in [-0.05, 0) is 47.6 Å². The molecule has 238 valence electrons. The number of hydrogen-bond acceptors (Lipinski definition) is 12. The third-order valence-corrected chi connectivity index (χ3v) is 9.51. The Hall–Kier alpha value is -4.26. The van der Waals surface area contributed by atoms with Crippen LogP contribution in [0.15, 0.2) is 59.7 Å². The van der Waals surface area contributed by atoms with Crippen LogP contribution in [0.2, 0.25) is 0 Å². The van der Waals surface area contributed by atoms with Crippen LogP contribution < -0.4 is 24.8 Å². The molecule has 13 nitrogen and oxygen atoms in total.